The first-order chi connectivity index (χ1) is 9.52. The van der Waals surface area contributed by atoms with Crippen LogP contribution in [0.25, 0.3) is 0 Å². The van der Waals surface area contributed by atoms with Gasteiger partial charge in [-0.1, -0.05) is 36.0 Å². The van der Waals surface area contributed by atoms with E-state index in [1.165, 1.54) is 17.6 Å². The molecule has 1 N–H and O–H groups in total. The Kier molecular flexibility index (Phi) is 5.07. The summed E-state index contributed by atoms with van der Waals surface area (Å²) in [6.07, 6.45) is 0.675. The first-order valence-corrected chi connectivity index (χ1v) is 7.61. The van der Waals surface area contributed by atoms with Crippen LogP contribution in [0.1, 0.15) is 41.9 Å². The Hall–Kier alpha value is -1.04. The van der Waals surface area contributed by atoms with Crippen molar-refractivity contribution in [3.63, 3.8) is 0 Å². The van der Waals surface area contributed by atoms with E-state index in [1.807, 2.05) is 13.1 Å². The number of rotatable bonds is 5. The molecule has 0 aliphatic carbocycles. The molecule has 0 aliphatic heterocycles. The van der Waals surface area contributed by atoms with Gasteiger partial charge in [0.15, 0.2) is 0 Å². The quantitative estimate of drug-likeness (QED) is 0.908. The smallest absolute Gasteiger partial charge is 0.142 e. The van der Waals surface area contributed by atoms with Crippen molar-refractivity contribution in [2.45, 2.75) is 32.2 Å². The third kappa shape index (κ3) is 3.34. The van der Waals surface area contributed by atoms with Gasteiger partial charge in [-0.05, 0) is 48.6 Å². The van der Waals surface area contributed by atoms with Crippen LogP contribution in [-0.4, -0.2) is 16.6 Å². The fraction of sp³-hybridized carbons (Fsp3) is 0.429. The molecule has 6 heteroatoms. The van der Waals surface area contributed by atoms with Gasteiger partial charge in [0.25, 0.3) is 0 Å². The molecular formula is C14H17ClFN3S. The Balaban J connectivity index is 2.24. The van der Waals surface area contributed by atoms with Gasteiger partial charge in [-0.25, -0.2) is 4.39 Å². The van der Waals surface area contributed by atoms with Crippen LogP contribution in [0.15, 0.2) is 18.2 Å². The van der Waals surface area contributed by atoms with Crippen LogP contribution in [0.4, 0.5) is 4.39 Å². The summed E-state index contributed by atoms with van der Waals surface area (Å²) in [4.78, 5) is 1.11. The molecular weight excluding hydrogens is 297 g/mol. The lowest BCUT2D eigenvalue weighted by molar-refractivity contribution is 0.582. The van der Waals surface area contributed by atoms with Crippen molar-refractivity contribution in [1.82, 2.24) is 14.9 Å². The van der Waals surface area contributed by atoms with Gasteiger partial charge >= 0.3 is 0 Å². The Bertz CT molecular complexity index is 586. The number of benzene rings is 1. The number of likely N-dealkylation sites (N-methyl/N-ethyl adjacent to an activating group) is 1. The zero-order valence-electron chi connectivity index (χ0n) is 11.7. The lowest BCUT2D eigenvalue weighted by Gasteiger charge is -2.16. The number of hydrogen-bond acceptors (Lipinski definition) is 4. The number of hydrogen-bond donors (Lipinski definition) is 1. The van der Waals surface area contributed by atoms with Crippen LogP contribution >= 0.6 is 23.1 Å². The van der Waals surface area contributed by atoms with Crippen LogP contribution in [0.3, 0.4) is 0 Å². The van der Waals surface area contributed by atoms with Gasteiger partial charge in [0.05, 0.1) is 15.6 Å². The zero-order chi connectivity index (χ0) is 14.7. The minimum absolute atomic E-state index is 0.0768. The SMILES string of the molecule is CNC(Cc1ccc(Cl)c(F)c1)c1snnc1C(C)C. The highest BCUT2D eigenvalue weighted by molar-refractivity contribution is 7.05. The van der Waals surface area contributed by atoms with E-state index < -0.39 is 0 Å². The number of aromatic nitrogens is 2. The molecule has 1 atom stereocenters. The van der Waals surface area contributed by atoms with E-state index in [1.54, 1.807) is 6.07 Å². The first kappa shape index (κ1) is 15.4. The van der Waals surface area contributed by atoms with Crippen molar-refractivity contribution in [2.24, 2.45) is 0 Å². The van der Waals surface area contributed by atoms with E-state index in [0.29, 0.717) is 12.3 Å². The van der Waals surface area contributed by atoms with E-state index in [9.17, 15) is 4.39 Å². The van der Waals surface area contributed by atoms with Crippen molar-refractivity contribution in [3.05, 3.63) is 45.2 Å². The fourth-order valence-electron chi connectivity index (χ4n) is 2.07. The van der Waals surface area contributed by atoms with E-state index in [2.05, 4.69) is 28.8 Å². The van der Waals surface area contributed by atoms with Crippen LogP contribution in [0.2, 0.25) is 5.02 Å². The summed E-state index contributed by atoms with van der Waals surface area (Å²) >= 11 is 7.10. The minimum atomic E-state index is -0.384. The molecule has 2 aromatic rings. The van der Waals surface area contributed by atoms with Crippen molar-refractivity contribution < 1.29 is 4.39 Å². The molecule has 1 heterocycles. The lowest BCUT2D eigenvalue weighted by atomic mass is 10.0. The molecule has 0 amide bonds. The first-order valence-electron chi connectivity index (χ1n) is 6.46. The highest BCUT2D eigenvalue weighted by atomic mass is 35.5. The van der Waals surface area contributed by atoms with Crippen LogP contribution in [0, 0.1) is 5.82 Å². The van der Waals surface area contributed by atoms with E-state index in [4.69, 9.17) is 11.6 Å². The largest absolute Gasteiger partial charge is 0.312 e. The predicted molar refractivity (Wildman–Crippen MR) is 80.9 cm³/mol. The van der Waals surface area contributed by atoms with E-state index >= 15 is 0 Å². The third-order valence-corrected chi connectivity index (χ3v) is 4.34. The van der Waals surface area contributed by atoms with Gasteiger partial charge in [-0.2, -0.15) is 0 Å². The van der Waals surface area contributed by atoms with Crippen molar-refractivity contribution in [1.29, 1.82) is 0 Å². The molecule has 0 saturated heterocycles. The normalized spacial score (nSPS) is 12.9. The monoisotopic (exact) mass is 313 g/mol. The highest BCUT2D eigenvalue weighted by Crippen LogP contribution is 2.29. The average molecular weight is 314 g/mol. The average Bonchev–Trinajstić information content (AvgIpc) is 2.89. The molecule has 0 radical (unpaired) electrons. The van der Waals surface area contributed by atoms with E-state index in [-0.39, 0.29) is 16.9 Å². The summed E-state index contributed by atoms with van der Waals surface area (Å²) in [5, 5.41) is 7.60. The maximum absolute atomic E-state index is 13.5. The molecule has 1 unspecified atom stereocenters. The maximum atomic E-state index is 13.5. The Labute approximate surface area is 127 Å². The van der Waals surface area contributed by atoms with Crippen LogP contribution in [0.5, 0.6) is 0 Å². The van der Waals surface area contributed by atoms with Gasteiger partial charge in [0.2, 0.25) is 0 Å². The number of halogens is 2. The number of nitrogens with one attached hydrogen (secondary N) is 1. The molecule has 0 aliphatic rings. The van der Waals surface area contributed by atoms with Gasteiger partial charge < -0.3 is 5.32 Å². The second kappa shape index (κ2) is 6.61. The molecule has 0 bridgehead atoms. The topological polar surface area (TPSA) is 37.8 Å². The van der Waals surface area contributed by atoms with Crippen LogP contribution in [-0.2, 0) is 6.42 Å². The van der Waals surface area contributed by atoms with E-state index in [0.717, 1.165) is 16.1 Å². The summed E-state index contributed by atoms with van der Waals surface area (Å²) in [6.45, 7) is 4.18. The molecule has 108 valence electrons. The summed E-state index contributed by atoms with van der Waals surface area (Å²) in [7, 11) is 1.89. The molecule has 3 nitrogen and oxygen atoms in total. The fourth-order valence-corrected chi connectivity index (χ4v) is 3.11. The molecule has 0 fully saturated rings. The highest BCUT2D eigenvalue weighted by Gasteiger charge is 2.20. The molecule has 1 aromatic heterocycles. The molecule has 2 rings (SSSR count). The summed E-state index contributed by atoms with van der Waals surface area (Å²) in [5.41, 5.74) is 1.90. The van der Waals surface area contributed by atoms with Gasteiger partial charge in [-0.15, -0.1) is 5.10 Å². The predicted octanol–water partition coefficient (Wildman–Crippen LogP) is 3.96. The van der Waals surface area contributed by atoms with Gasteiger partial charge in [0.1, 0.15) is 5.82 Å². The van der Waals surface area contributed by atoms with Gasteiger partial charge in [0, 0.05) is 6.04 Å². The summed E-state index contributed by atoms with van der Waals surface area (Å²) < 4.78 is 17.6. The second-order valence-electron chi connectivity index (χ2n) is 4.97. The molecule has 0 spiro atoms. The van der Waals surface area contributed by atoms with Crippen LogP contribution < -0.4 is 5.32 Å². The van der Waals surface area contributed by atoms with Crippen molar-refractivity contribution in [3.8, 4) is 0 Å². The standard InChI is InChI=1S/C14H17ClFN3S/c1-8(2)13-14(20-19-18-13)12(17-3)7-9-4-5-10(15)11(16)6-9/h4-6,8,12,17H,7H2,1-3H3. The van der Waals surface area contributed by atoms with Crippen molar-refractivity contribution >= 4 is 23.1 Å². The zero-order valence-corrected chi connectivity index (χ0v) is 13.2. The molecule has 20 heavy (non-hydrogen) atoms. The molecule has 0 saturated carbocycles. The van der Waals surface area contributed by atoms with Crippen molar-refractivity contribution in [2.75, 3.05) is 7.05 Å². The van der Waals surface area contributed by atoms with Gasteiger partial charge in [-0.3, -0.25) is 0 Å². The lowest BCUT2D eigenvalue weighted by Crippen LogP contribution is -2.19. The Morgan fingerprint density at radius 2 is 2.15 bits per heavy atom. The minimum Gasteiger partial charge on any atom is -0.312 e. The Morgan fingerprint density at radius 3 is 2.75 bits per heavy atom. The summed E-state index contributed by atoms with van der Waals surface area (Å²) in [6, 6.07) is 5.00. The molecule has 1 aromatic carbocycles. The maximum Gasteiger partial charge on any atom is 0.142 e. The Morgan fingerprint density at radius 1 is 1.40 bits per heavy atom. The summed E-state index contributed by atoms with van der Waals surface area (Å²) in [5.74, 6) is -0.0629. The number of nitrogens with zero attached hydrogens (tertiary/aromatic N) is 2. The third-order valence-electron chi connectivity index (χ3n) is 3.18. The second-order valence-corrected chi connectivity index (χ2v) is 6.16.